The fraction of sp³-hybridized carbons (Fsp3) is 0.0526. The maximum Gasteiger partial charge on any atom is 0.280 e. The molecule has 0 aliphatic rings. The number of benzene rings is 2. The number of para-hydroxylation sites is 1. The molecular formula is C19H14FN5O2. The van der Waals surface area contributed by atoms with Crippen molar-refractivity contribution >= 4 is 12.1 Å². The molecule has 0 fully saturated rings. The number of carbonyl (C=O) groups is 1. The minimum absolute atomic E-state index is 0.108. The van der Waals surface area contributed by atoms with Gasteiger partial charge in [-0.2, -0.15) is 10.4 Å². The van der Waals surface area contributed by atoms with Crippen LogP contribution >= 0.6 is 0 Å². The van der Waals surface area contributed by atoms with Crippen molar-refractivity contribution in [3.05, 3.63) is 87.1 Å². The van der Waals surface area contributed by atoms with Crippen LogP contribution in [0.25, 0.3) is 5.69 Å². The number of nitrogens with one attached hydrogen (secondary N) is 2. The SMILES string of the molecule is Cc1[nH]n(-c2ccccc2)c(=O)c1C=NNC(=O)c1ccc(C#N)cc1F. The van der Waals surface area contributed by atoms with Crippen molar-refractivity contribution in [2.75, 3.05) is 0 Å². The van der Waals surface area contributed by atoms with Crippen LogP contribution in [0.2, 0.25) is 0 Å². The molecular weight excluding hydrogens is 349 g/mol. The van der Waals surface area contributed by atoms with Gasteiger partial charge in [0.1, 0.15) is 5.82 Å². The molecule has 0 aliphatic carbocycles. The molecule has 0 bridgehead atoms. The molecule has 134 valence electrons. The second kappa shape index (κ2) is 7.49. The van der Waals surface area contributed by atoms with Crippen molar-refractivity contribution in [2.45, 2.75) is 6.92 Å². The fourth-order valence-electron chi connectivity index (χ4n) is 2.45. The summed E-state index contributed by atoms with van der Waals surface area (Å²) in [5.74, 6) is -1.61. The predicted octanol–water partition coefficient (Wildman–Crippen LogP) is 2.25. The Kier molecular flexibility index (Phi) is 4.95. The van der Waals surface area contributed by atoms with Crippen LogP contribution in [0.1, 0.15) is 27.2 Å². The van der Waals surface area contributed by atoms with E-state index in [1.54, 1.807) is 37.3 Å². The summed E-state index contributed by atoms with van der Waals surface area (Å²) >= 11 is 0. The van der Waals surface area contributed by atoms with Gasteiger partial charge in [-0.25, -0.2) is 14.5 Å². The monoisotopic (exact) mass is 363 g/mol. The Labute approximate surface area is 153 Å². The number of rotatable bonds is 4. The summed E-state index contributed by atoms with van der Waals surface area (Å²) in [6, 6.07) is 14.3. The molecule has 1 amide bonds. The Morgan fingerprint density at radius 3 is 2.70 bits per heavy atom. The third-order valence-corrected chi connectivity index (χ3v) is 3.83. The first-order valence-electron chi connectivity index (χ1n) is 7.91. The van der Waals surface area contributed by atoms with Crippen LogP contribution in [0.15, 0.2) is 58.4 Å². The maximum atomic E-state index is 13.8. The number of amides is 1. The molecule has 0 saturated carbocycles. The van der Waals surface area contributed by atoms with E-state index in [1.165, 1.54) is 23.0 Å². The lowest BCUT2D eigenvalue weighted by atomic mass is 10.1. The number of aryl methyl sites for hydroxylation is 1. The fourth-order valence-corrected chi connectivity index (χ4v) is 2.45. The molecule has 0 radical (unpaired) electrons. The Hall–Kier alpha value is -3.99. The topological polar surface area (TPSA) is 103 Å². The third kappa shape index (κ3) is 3.67. The van der Waals surface area contributed by atoms with Crippen LogP contribution in [-0.2, 0) is 0 Å². The van der Waals surface area contributed by atoms with Gasteiger partial charge in [0.15, 0.2) is 0 Å². The van der Waals surface area contributed by atoms with Gasteiger partial charge in [-0.3, -0.25) is 14.7 Å². The lowest BCUT2D eigenvalue weighted by molar-refractivity contribution is 0.0951. The Morgan fingerprint density at radius 2 is 2.04 bits per heavy atom. The molecule has 3 rings (SSSR count). The molecule has 0 saturated heterocycles. The minimum Gasteiger partial charge on any atom is -0.295 e. The van der Waals surface area contributed by atoms with Crippen molar-refractivity contribution in [1.82, 2.24) is 15.2 Å². The van der Waals surface area contributed by atoms with Crippen molar-refractivity contribution in [3.63, 3.8) is 0 Å². The van der Waals surface area contributed by atoms with E-state index < -0.39 is 11.7 Å². The number of nitriles is 1. The molecule has 0 unspecified atom stereocenters. The Balaban J connectivity index is 1.79. The summed E-state index contributed by atoms with van der Waals surface area (Å²) in [6.07, 6.45) is 1.20. The molecule has 0 spiro atoms. The predicted molar refractivity (Wildman–Crippen MR) is 97.3 cm³/mol. The zero-order valence-corrected chi connectivity index (χ0v) is 14.2. The van der Waals surface area contributed by atoms with E-state index in [9.17, 15) is 14.0 Å². The highest BCUT2D eigenvalue weighted by molar-refractivity contribution is 5.95. The highest BCUT2D eigenvalue weighted by Crippen LogP contribution is 2.10. The summed E-state index contributed by atoms with van der Waals surface area (Å²) < 4.78 is 15.2. The molecule has 27 heavy (non-hydrogen) atoms. The third-order valence-electron chi connectivity index (χ3n) is 3.83. The number of hydrogen-bond donors (Lipinski definition) is 2. The summed E-state index contributed by atoms with van der Waals surface area (Å²) in [6.45, 7) is 1.70. The average Bonchev–Trinajstić information content (AvgIpc) is 2.96. The quantitative estimate of drug-likeness (QED) is 0.549. The first kappa shape index (κ1) is 17.8. The van der Waals surface area contributed by atoms with E-state index in [4.69, 9.17) is 5.26 Å². The standard InChI is InChI=1S/C19H14FN5O2/c1-12-16(19(27)25(24-12)14-5-3-2-4-6-14)11-22-23-18(26)15-8-7-13(10-21)9-17(15)20/h2-9,11,24H,1H3,(H,23,26). The number of hydrogen-bond acceptors (Lipinski definition) is 4. The minimum atomic E-state index is -0.828. The largest absolute Gasteiger partial charge is 0.295 e. The summed E-state index contributed by atoms with van der Waals surface area (Å²) in [5, 5.41) is 15.4. The molecule has 2 N–H and O–H groups in total. The first-order valence-corrected chi connectivity index (χ1v) is 7.91. The summed E-state index contributed by atoms with van der Waals surface area (Å²) in [7, 11) is 0. The molecule has 1 heterocycles. The van der Waals surface area contributed by atoms with Gasteiger partial charge in [0.05, 0.1) is 34.7 Å². The van der Waals surface area contributed by atoms with Crippen molar-refractivity contribution in [2.24, 2.45) is 5.10 Å². The zero-order valence-electron chi connectivity index (χ0n) is 14.2. The number of halogens is 1. The van der Waals surface area contributed by atoms with Gasteiger partial charge in [0.25, 0.3) is 11.5 Å². The van der Waals surface area contributed by atoms with Crippen LogP contribution in [-0.4, -0.2) is 21.9 Å². The van der Waals surface area contributed by atoms with Gasteiger partial charge in [-0.05, 0) is 37.3 Å². The van der Waals surface area contributed by atoms with E-state index in [0.29, 0.717) is 11.4 Å². The van der Waals surface area contributed by atoms with Gasteiger partial charge in [0.2, 0.25) is 0 Å². The molecule has 1 aromatic heterocycles. The molecule has 8 heteroatoms. The second-order valence-corrected chi connectivity index (χ2v) is 5.63. The highest BCUT2D eigenvalue weighted by atomic mass is 19.1. The Morgan fingerprint density at radius 1 is 1.30 bits per heavy atom. The van der Waals surface area contributed by atoms with E-state index in [1.807, 2.05) is 6.07 Å². The molecule has 2 aromatic carbocycles. The van der Waals surface area contributed by atoms with Crippen LogP contribution in [0, 0.1) is 24.1 Å². The van der Waals surface area contributed by atoms with E-state index in [2.05, 4.69) is 15.6 Å². The van der Waals surface area contributed by atoms with Crippen LogP contribution in [0.5, 0.6) is 0 Å². The van der Waals surface area contributed by atoms with Gasteiger partial charge >= 0.3 is 0 Å². The average molecular weight is 363 g/mol. The molecule has 3 aromatic rings. The molecule has 0 aliphatic heterocycles. The maximum absolute atomic E-state index is 13.8. The van der Waals surface area contributed by atoms with Gasteiger partial charge in [-0.1, -0.05) is 18.2 Å². The number of aromatic amines is 1. The lowest BCUT2D eigenvalue weighted by Gasteiger charge is -2.01. The number of nitrogens with zero attached hydrogens (tertiary/aromatic N) is 3. The number of H-pyrrole nitrogens is 1. The smallest absolute Gasteiger partial charge is 0.280 e. The van der Waals surface area contributed by atoms with Gasteiger partial charge in [0, 0.05) is 5.69 Å². The van der Waals surface area contributed by atoms with Gasteiger partial charge in [-0.15, -0.1) is 0 Å². The van der Waals surface area contributed by atoms with Crippen LogP contribution < -0.4 is 11.0 Å². The number of aromatic nitrogens is 2. The lowest BCUT2D eigenvalue weighted by Crippen LogP contribution is -2.21. The summed E-state index contributed by atoms with van der Waals surface area (Å²) in [4.78, 5) is 24.5. The van der Waals surface area contributed by atoms with E-state index in [-0.39, 0.29) is 22.2 Å². The summed E-state index contributed by atoms with van der Waals surface area (Å²) in [5.41, 5.74) is 3.19. The van der Waals surface area contributed by atoms with E-state index >= 15 is 0 Å². The normalized spacial score (nSPS) is 10.7. The second-order valence-electron chi connectivity index (χ2n) is 5.63. The number of hydrazone groups is 1. The zero-order chi connectivity index (χ0) is 19.4. The van der Waals surface area contributed by atoms with Gasteiger partial charge < -0.3 is 0 Å². The van der Waals surface area contributed by atoms with Crippen molar-refractivity contribution < 1.29 is 9.18 Å². The molecule has 0 atom stereocenters. The van der Waals surface area contributed by atoms with E-state index in [0.717, 1.165) is 6.07 Å². The van der Waals surface area contributed by atoms with Crippen LogP contribution in [0.4, 0.5) is 4.39 Å². The van der Waals surface area contributed by atoms with Crippen molar-refractivity contribution in [3.8, 4) is 11.8 Å². The van der Waals surface area contributed by atoms with Crippen LogP contribution in [0.3, 0.4) is 0 Å². The first-order chi connectivity index (χ1) is 13.0. The highest BCUT2D eigenvalue weighted by Gasteiger charge is 2.13. The Bertz CT molecular complexity index is 1120. The van der Waals surface area contributed by atoms with Crippen molar-refractivity contribution in [1.29, 1.82) is 5.26 Å². The molecule has 7 nitrogen and oxygen atoms in total. The number of carbonyl (C=O) groups excluding carboxylic acids is 1.